The van der Waals surface area contributed by atoms with Gasteiger partial charge in [0.25, 0.3) is 5.91 Å². The molecule has 1 aromatic rings. The number of hydrogen-bond donors (Lipinski definition) is 0. The lowest BCUT2D eigenvalue weighted by atomic mass is 9.77. The molecule has 3 rings (SSSR count). The summed E-state index contributed by atoms with van der Waals surface area (Å²) in [5, 5.41) is 0. The topological polar surface area (TPSA) is 43.9 Å². The zero-order valence-electron chi connectivity index (χ0n) is 14.9. The molecule has 0 unspecified atom stereocenters. The van der Waals surface area contributed by atoms with Crippen LogP contribution in [0.2, 0.25) is 0 Å². The van der Waals surface area contributed by atoms with E-state index in [1.165, 1.54) is 0 Å². The number of carbonyl (C=O) groups is 2. The van der Waals surface area contributed by atoms with Crippen LogP contribution in [0.4, 0.5) is 5.69 Å². The summed E-state index contributed by atoms with van der Waals surface area (Å²) >= 11 is 0. The molecule has 0 radical (unpaired) electrons. The van der Waals surface area contributed by atoms with E-state index in [2.05, 4.69) is 0 Å². The molecule has 0 N–H and O–H groups in total. The van der Waals surface area contributed by atoms with Crippen LogP contribution in [0, 0.1) is 5.41 Å². The van der Waals surface area contributed by atoms with E-state index in [4.69, 9.17) is 0 Å². The molecule has 0 atom stereocenters. The summed E-state index contributed by atoms with van der Waals surface area (Å²) in [6.07, 6.45) is 3.07. The fourth-order valence-corrected chi connectivity index (χ4v) is 3.88. The Kier molecular flexibility index (Phi) is 4.52. The van der Waals surface area contributed by atoms with Crippen LogP contribution < -0.4 is 4.90 Å². The lowest BCUT2D eigenvalue weighted by Gasteiger charge is -2.39. The predicted octanol–water partition coefficient (Wildman–Crippen LogP) is 2.23. The average molecular weight is 329 g/mol. The lowest BCUT2D eigenvalue weighted by Crippen LogP contribution is -2.44. The van der Waals surface area contributed by atoms with Crippen molar-refractivity contribution in [3.8, 4) is 0 Å². The Morgan fingerprint density at radius 3 is 1.96 bits per heavy atom. The van der Waals surface area contributed by atoms with Gasteiger partial charge in [0.15, 0.2) is 0 Å². The van der Waals surface area contributed by atoms with Crippen LogP contribution in [0.5, 0.6) is 0 Å². The molecule has 0 saturated carbocycles. The fourth-order valence-electron chi connectivity index (χ4n) is 3.88. The SMILES string of the molecule is CC(=O)N1CCC2(CCN(C(=O)c3ccc(N(C)C)cc3)CC2)C1. The van der Waals surface area contributed by atoms with Crippen molar-refractivity contribution in [3.05, 3.63) is 29.8 Å². The molecule has 2 aliphatic heterocycles. The van der Waals surface area contributed by atoms with Crippen LogP contribution in [-0.2, 0) is 4.79 Å². The number of amides is 2. The molecule has 2 saturated heterocycles. The first-order valence-corrected chi connectivity index (χ1v) is 8.72. The highest BCUT2D eigenvalue weighted by Crippen LogP contribution is 2.40. The van der Waals surface area contributed by atoms with Crippen molar-refractivity contribution >= 4 is 17.5 Å². The van der Waals surface area contributed by atoms with Crippen molar-refractivity contribution in [1.82, 2.24) is 9.80 Å². The van der Waals surface area contributed by atoms with Crippen LogP contribution in [0.3, 0.4) is 0 Å². The Hall–Kier alpha value is -2.04. The van der Waals surface area contributed by atoms with Gasteiger partial charge < -0.3 is 14.7 Å². The third-order valence-corrected chi connectivity index (χ3v) is 5.63. The van der Waals surface area contributed by atoms with Crippen molar-refractivity contribution in [2.75, 3.05) is 45.2 Å². The number of piperidine rings is 1. The molecule has 0 aromatic heterocycles. The largest absolute Gasteiger partial charge is 0.378 e. The number of anilines is 1. The molecule has 24 heavy (non-hydrogen) atoms. The van der Waals surface area contributed by atoms with E-state index in [1.807, 2.05) is 53.1 Å². The predicted molar refractivity (Wildman–Crippen MR) is 95.2 cm³/mol. The van der Waals surface area contributed by atoms with Crippen LogP contribution in [0.25, 0.3) is 0 Å². The molecule has 1 spiro atoms. The van der Waals surface area contributed by atoms with Gasteiger partial charge in [0.05, 0.1) is 0 Å². The van der Waals surface area contributed by atoms with Gasteiger partial charge in [-0.2, -0.15) is 0 Å². The quantitative estimate of drug-likeness (QED) is 0.836. The van der Waals surface area contributed by atoms with Crippen LogP contribution in [-0.4, -0.2) is 61.9 Å². The van der Waals surface area contributed by atoms with E-state index in [0.29, 0.717) is 0 Å². The number of rotatable bonds is 2. The Morgan fingerprint density at radius 2 is 1.50 bits per heavy atom. The van der Waals surface area contributed by atoms with Crippen molar-refractivity contribution < 1.29 is 9.59 Å². The first kappa shape index (κ1) is 16.8. The van der Waals surface area contributed by atoms with Gasteiger partial charge in [-0.25, -0.2) is 0 Å². The van der Waals surface area contributed by atoms with E-state index in [-0.39, 0.29) is 17.2 Å². The van der Waals surface area contributed by atoms with Crippen molar-refractivity contribution in [3.63, 3.8) is 0 Å². The number of nitrogens with zero attached hydrogens (tertiary/aromatic N) is 3. The second-order valence-electron chi connectivity index (χ2n) is 7.42. The molecular formula is C19H27N3O2. The molecule has 2 fully saturated rings. The Morgan fingerprint density at radius 1 is 0.958 bits per heavy atom. The van der Waals surface area contributed by atoms with E-state index in [1.54, 1.807) is 6.92 Å². The van der Waals surface area contributed by atoms with E-state index >= 15 is 0 Å². The first-order chi connectivity index (χ1) is 11.4. The number of likely N-dealkylation sites (tertiary alicyclic amines) is 2. The second-order valence-corrected chi connectivity index (χ2v) is 7.42. The summed E-state index contributed by atoms with van der Waals surface area (Å²) in [6, 6.07) is 7.80. The minimum atomic E-state index is 0.122. The Labute approximate surface area is 144 Å². The Bertz CT molecular complexity index is 616. The number of carbonyl (C=O) groups excluding carboxylic acids is 2. The monoisotopic (exact) mass is 329 g/mol. The second kappa shape index (κ2) is 6.46. The average Bonchev–Trinajstić information content (AvgIpc) is 2.99. The maximum atomic E-state index is 12.7. The normalized spacial score (nSPS) is 19.6. The zero-order valence-corrected chi connectivity index (χ0v) is 14.9. The molecule has 5 heteroatoms. The smallest absolute Gasteiger partial charge is 0.253 e. The van der Waals surface area contributed by atoms with Crippen LogP contribution in [0.1, 0.15) is 36.5 Å². The number of hydrogen-bond acceptors (Lipinski definition) is 3. The molecule has 2 amide bonds. The highest BCUT2D eigenvalue weighted by atomic mass is 16.2. The fraction of sp³-hybridized carbons (Fsp3) is 0.579. The molecule has 130 valence electrons. The summed E-state index contributed by atoms with van der Waals surface area (Å²) in [5.41, 5.74) is 2.09. The third kappa shape index (κ3) is 3.25. The molecule has 0 aliphatic carbocycles. The first-order valence-electron chi connectivity index (χ1n) is 8.72. The maximum Gasteiger partial charge on any atom is 0.253 e. The third-order valence-electron chi connectivity index (χ3n) is 5.63. The van der Waals surface area contributed by atoms with Crippen molar-refractivity contribution in [2.45, 2.75) is 26.2 Å². The highest BCUT2D eigenvalue weighted by molar-refractivity contribution is 5.94. The van der Waals surface area contributed by atoms with Crippen LogP contribution >= 0.6 is 0 Å². The van der Waals surface area contributed by atoms with Gasteiger partial charge >= 0.3 is 0 Å². The summed E-state index contributed by atoms with van der Waals surface area (Å²) in [6.45, 7) is 4.96. The molecule has 2 heterocycles. The molecular weight excluding hydrogens is 302 g/mol. The van der Waals surface area contributed by atoms with Gasteiger partial charge in [0.2, 0.25) is 5.91 Å². The van der Waals surface area contributed by atoms with E-state index in [9.17, 15) is 9.59 Å². The molecule has 0 bridgehead atoms. The maximum absolute atomic E-state index is 12.7. The van der Waals surface area contributed by atoms with Gasteiger partial charge in [-0.1, -0.05) is 0 Å². The highest BCUT2D eigenvalue weighted by Gasteiger charge is 2.42. The zero-order chi connectivity index (χ0) is 17.3. The minimum Gasteiger partial charge on any atom is -0.378 e. The van der Waals surface area contributed by atoms with Gasteiger partial charge in [-0.15, -0.1) is 0 Å². The van der Waals surface area contributed by atoms with E-state index < -0.39 is 0 Å². The standard InChI is InChI=1S/C19H27N3O2/c1-15(23)22-13-10-19(14-22)8-11-21(12-9-19)18(24)16-4-6-17(7-5-16)20(2)3/h4-7H,8-14H2,1-3H3. The summed E-state index contributed by atoms with van der Waals surface area (Å²) < 4.78 is 0. The van der Waals surface area contributed by atoms with Gasteiger partial charge in [-0.05, 0) is 48.9 Å². The molecule has 1 aromatic carbocycles. The van der Waals surface area contributed by atoms with Gasteiger partial charge in [0.1, 0.15) is 0 Å². The summed E-state index contributed by atoms with van der Waals surface area (Å²) in [7, 11) is 3.99. The van der Waals surface area contributed by atoms with Gasteiger partial charge in [0, 0.05) is 58.4 Å². The van der Waals surface area contributed by atoms with Crippen LogP contribution in [0.15, 0.2) is 24.3 Å². The molecule has 2 aliphatic rings. The minimum absolute atomic E-state index is 0.122. The number of benzene rings is 1. The van der Waals surface area contributed by atoms with Crippen molar-refractivity contribution in [2.24, 2.45) is 5.41 Å². The summed E-state index contributed by atoms with van der Waals surface area (Å²) in [5.74, 6) is 0.294. The van der Waals surface area contributed by atoms with E-state index in [0.717, 1.165) is 56.7 Å². The van der Waals surface area contributed by atoms with Crippen molar-refractivity contribution in [1.29, 1.82) is 0 Å². The Balaban J connectivity index is 1.60. The molecule has 5 nitrogen and oxygen atoms in total. The summed E-state index contributed by atoms with van der Waals surface area (Å²) in [4.78, 5) is 30.2. The van der Waals surface area contributed by atoms with Gasteiger partial charge in [-0.3, -0.25) is 9.59 Å². The lowest BCUT2D eigenvalue weighted by molar-refractivity contribution is -0.128.